The maximum Gasteiger partial charge on any atom is 0.146 e. The van der Waals surface area contributed by atoms with E-state index in [1.54, 1.807) is 0 Å². The molecule has 1 fully saturated rings. The lowest BCUT2D eigenvalue weighted by molar-refractivity contribution is -0.119. The number of carbonyl (C=O) groups is 1. The summed E-state index contributed by atoms with van der Waals surface area (Å²) in [6.45, 7) is 3.47. The van der Waals surface area contributed by atoms with Crippen LogP contribution in [0.15, 0.2) is 0 Å². The topological polar surface area (TPSA) is 20.3 Å². The molecular weight excluding hydrogens is 145 g/mol. The lowest BCUT2D eigenvalue weighted by Crippen LogP contribution is -2.27. The van der Waals surface area contributed by atoms with E-state index in [-0.39, 0.29) is 5.78 Å². The van der Waals surface area contributed by atoms with Gasteiger partial charge in [0.2, 0.25) is 0 Å². The lowest BCUT2D eigenvalue weighted by Gasteiger charge is -2.11. The molecule has 1 aliphatic heterocycles. The van der Waals surface area contributed by atoms with E-state index >= 15 is 0 Å². The molecule has 0 radical (unpaired) electrons. The summed E-state index contributed by atoms with van der Waals surface area (Å²) in [6.07, 6.45) is 0.449. The third kappa shape index (κ3) is 2.58. The van der Waals surface area contributed by atoms with Gasteiger partial charge in [-0.3, -0.25) is 9.69 Å². The molecule has 11 heavy (non-hydrogen) atoms. The molecule has 3 heteroatoms. The fraction of sp³-hybridized carbons (Fsp3) is 0.875. The van der Waals surface area contributed by atoms with Gasteiger partial charge >= 0.3 is 0 Å². The van der Waals surface area contributed by atoms with E-state index in [1.165, 1.54) is 0 Å². The van der Waals surface area contributed by atoms with E-state index in [0.717, 1.165) is 6.54 Å². The van der Waals surface area contributed by atoms with E-state index in [9.17, 15) is 9.18 Å². The van der Waals surface area contributed by atoms with Crippen molar-refractivity contribution in [3.05, 3.63) is 0 Å². The SMILES string of the molecule is CCC(=O)CN1CCC(F)C1. The lowest BCUT2D eigenvalue weighted by atomic mass is 10.3. The first kappa shape index (κ1) is 8.65. The van der Waals surface area contributed by atoms with Gasteiger partial charge in [0, 0.05) is 19.5 Å². The van der Waals surface area contributed by atoms with Crippen LogP contribution in [-0.2, 0) is 4.79 Å². The van der Waals surface area contributed by atoms with Gasteiger partial charge in [0.05, 0.1) is 6.54 Å². The number of hydrogen-bond donors (Lipinski definition) is 0. The van der Waals surface area contributed by atoms with Crippen LogP contribution in [0.3, 0.4) is 0 Å². The first-order chi connectivity index (χ1) is 5.22. The molecule has 0 saturated carbocycles. The third-order valence-corrected chi connectivity index (χ3v) is 2.01. The largest absolute Gasteiger partial charge is 0.298 e. The van der Waals surface area contributed by atoms with E-state index in [0.29, 0.717) is 25.9 Å². The molecular formula is C8H14FNO. The van der Waals surface area contributed by atoms with E-state index in [2.05, 4.69) is 0 Å². The average Bonchev–Trinajstić information content (AvgIpc) is 2.35. The smallest absolute Gasteiger partial charge is 0.146 e. The Kier molecular flexibility index (Phi) is 3.00. The fourth-order valence-electron chi connectivity index (χ4n) is 1.29. The number of rotatable bonds is 3. The van der Waals surface area contributed by atoms with Crippen LogP contribution in [0.25, 0.3) is 0 Å². The molecule has 1 unspecified atom stereocenters. The molecule has 0 aromatic carbocycles. The number of likely N-dealkylation sites (tertiary alicyclic amines) is 1. The van der Waals surface area contributed by atoms with Gasteiger partial charge in [-0.05, 0) is 6.42 Å². The van der Waals surface area contributed by atoms with Crippen LogP contribution < -0.4 is 0 Å². The van der Waals surface area contributed by atoms with Crippen molar-refractivity contribution < 1.29 is 9.18 Å². The van der Waals surface area contributed by atoms with Crippen LogP contribution in [-0.4, -0.2) is 36.5 Å². The van der Waals surface area contributed by atoms with Crippen molar-refractivity contribution >= 4 is 5.78 Å². The minimum Gasteiger partial charge on any atom is -0.298 e. The molecule has 64 valence electrons. The summed E-state index contributed by atoms with van der Waals surface area (Å²) in [5, 5.41) is 0. The van der Waals surface area contributed by atoms with Gasteiger partial charge in [0.1, 0.15) is 12.0 Å². The van der Waals surface area contributed by atoms with Crippen molar-refractivity contribution in [2.75, 3.05) is 19.6 Å². The van der Waals surface area contributed by atoms with E-state index in [4.69, 9.17) is 0 Å². The van der Waals surface area contributed by atoms with E-state index in [1.807, 2.05) is 11.8 Å². The predicted octanol–water partition coefficient (Wildman–Crippen LogP) is 1.01. The second kappa shape index (κ2) is 3.81. The summed E-state index contributed by atoms with van der Waals surface area (Å²) in [6, 6.07) is 0. The van der Waals surface area contributed by atoms with Gasteiger partial charge < -0.3 is 0 Å². The van der Waals surface area contributed by atoms with Gasteiger partial charge in [-0.15, -0.1) is 0 Å². The number of hydrogen-bond acceptors (Lipinski definition) is 2. The van der Waals surface area contributed by atoms with Crippen LogP contribution in [0.1, 0.15) is 19.8 Å². The Labute approximate surface area is 66.4 Å². The van der Waals surface area contributed by atoms with Gasteiger partial charge in [-0.1, -0.05) is 6.92 Å². The first-order valence-electron chi connectivity index (χ1n) is 4.10. The average molecular weight is 159 g/mol. The molecule has 1 atom stereocenters. The second-order valence-electron chi connectivity index (χ2n) is 3.01. The Hall–Kier alpha value is -0.440. The van der Waals surface area contributed by atoms with Crippen LogP contribution in [0.4, 0.5) is 4.39 Å². The number of halogens is 1. The molecule has 0 bridgehead atoms. The van der Waals surface area contributed by atoms with Gasteiger partial charge in [0.15, 0.2) is 0 Å². The van der Waals surface area contributed by atoms with Crippen molar-refractivity contribution in [1.29, 1.82) is 0 Å². The molecule has 0 amide bonds. The van der Waals surface area contributed by atoms with Gasteiger partial charge in [0.25, 0.3) is 0 Å². The summed E-state index contributed by atoms with van der Waals surface area (Å²) in [7, 11) is 0. The van der Waals surface area contributed by atoms with Crippen molar-refractivity contribution in [3.8, 4) is 0 Å². The van der Waals surface area contributed by atoms with E-state index < -0.39 is 6.17 Å². The maximum atomic E-state index is 12.6. The highest BCUT2D eigenvalue weighted by molar-refractivity contribution is 5.80. The zero-order valence-electron chi connectivity index (χ0n) is 6.85. The monoisotopic (exact) mass is 159 g/mol. The van der Waals surface area contributed by atoms with Crippen molar-refractivity contribution in [2.45, 2.75) is 25.9 Å². The van der Waals surface area contributed by atoms with Gasteiger partial charge in [-0.2, -0.15) is 0 Å². The molecule has 2 nitrogen and oxygen atoms in total. The fourth-order valence-corrected chi connectivity index (χ4v) is 1.29. The zero-order valence-corrected chi connectivity index (χ0v) is 6.85. The Bertz CT molecular complexity index is 149. The molecule has 1 heterocycles. The predicted molar refractivity (Wildman–Crippen MR) is 41.3 cm³/mol. The summed E-state index contributed by atoms with van der Waals surface area (Å²) in [4.78, 5) is 12.8. The number of alkyl halides is 1. The van der Waals surface area contributed by atoms with Crippen LogP contribution in [0, 0.1) is 0 Å². The van der Waals surface area contributed by atoms with Crippen molar-refractivity contribution in [2.24, 2.45) is 0 Å². The maximum absolute atomic E-state index is 12.6. The van der Waals surface area contributed by atoms with Crippen LogP contribution in [0.2, 0.25) is 0 Å². The number of carbonyl (C=O) groups excluding carboxylic acids is 1. The molecule has 1 aliphatic rings. The van der Waals surface area contributed by atoms with Crippen molar-refractivity contribution in [3.63, 3.8) is 0 Å². The minimum atomic E-state index is -0.709. The molecule has 0 aromatic rings. The van der Waals surface area contributed by atoms with Crippen LogP contribution in [0.5, 0.6) is 0 Å². The number of Topliss-reactive ketones (excluding diaryl/α,β-unsaturated/α-hetero) is 1. The Morgan fingerprint density at radius 3 is 2.91 bits per heavy atom. The normalized spacial score (nSPS) is 25.8. The molecule has 0 spiro atoms. The Morgan fingerprint density at radius 2 is 2.45 bits per heavy atom. The standard InChI is InChI=1S/C8H14FNO/c1-2-8(11)6-10-4-3-7(9)5-10/h7H,2-6H2,1H3. The highest BCUT2D eigenvalue weighted by atomic mass is 19.1. The quantitative estimate of drug-likeness (QED) is 0.612. The zero-order chi connectivity index (χ0) is 8.27. The molecule has 0 aliphatic carbocycles. The number of nitrogens with zero attached hydrogens (tertiary/aromatic N) is 1. The summed E-state index contributed by atoms with van der Waals surface area (Å²) in [5.74, 6) is 0.208. The second-order valence-corrected chi connectivity index (χ2v) is 3.01. The summed E-state index contributed by atoms with van der Waals surface area (Å²) < 4.78 is 12.6. The molecule has 1 rings (SSSR count). The third-order valence-electron chi connectivity index (χ3n) is 2.01. The summed E-state index contributed by atoms with van der Waals surface area (Å²) in [5.41, 5.74) is 0. The van der Waals surface area contributed by atoms with Gasteiger partial charge in [-0.25, -0.2) is 4.39 Å². The first-order valence-corrected chi connectivity index (χ1v) is 4.10. The Balaban J connectivity index is 2.23. The van der Waals surface area contributed by atoms with Crippen LogP contribution >= 0.6 is 0 Å². The van der Waals surface area contributed by atoms with Crippen molar-refractivity contribution in [1.82, 2.24) is 4.90 Å². The molecule has 0 N–H and O–H groups in total. The molecule has 0 aromatic heterocycles. The minimum absolute atomic E-state index is 0.208. The highest BCUT2D eigenvalue weighted by Crippen LogP contribution is 2.11. The molecule has 1 saturated heterocycles. The Morgan fingerprint density at radius 1 is 1.73 bits per heavy atom. The highest BCUT2D eigenvalue weighted by Gasteiger charge is 2.22. The number of ketones is 1. The summed E-state index contributed by atoms with van der Waals surface area (Å²) >= 11 is 0.